The lowest BCUT2D eigenvalue weighted by molar-refractivity contribution is -0.121. The number of anilines is 1. The molecule has 1 saturated carbocycles. The topological polar surface area (TPSA) is 81.4 Å². The average Bonchev–Trinajstić information content (AvgIpc) is 2.80. The van der Waals surface area contributed by atoms with Crippen LogP contribution in [0.1, 0.15) is 47.8 Å². The molecule has 2 unspecified atom stereocenters. The minimum Gasteiger partial charge on any atom is -0.462 e. The Morgan fingerprint density at radius 1 is 1.43 bits per heavy atom. The van der Waals surface area contributed by atoms with E-state index in [2.05, 4.69) is 5.32 Å². The molecule has 0 aromatic carbocycles. The van der Waals surface area contributed by atoms with E-state index in [-0.39, 0.29) is 17.9 Å². The molecule has 116 valence electrons. The number of thiophene rings is 1. The van der Waals surface area contributed by atoms with Gasteiger partial charge in [0, 0.05) is 10.9 Å². The lowest BCUT2D eigenvalue weighted by Crippen LogP contribution is -2.40. The van der Waals surface area contributed by atoms with Crippen molar-refractivity contribution in [2.24, 2.45) is 11.7 Å². The van der Waals surface area contributed by atoms with Gasteiger partial charge in [-0.2, -0.15) is 0 Å². The highest BCUT2D eigenvalue weighted by Crippen LogP contribution is 2.30. The monoisotopic (exact) mass is 310 g/mol. The van der Waals surface area contributed by atoms with E-state index in [4.69, 9.17) is 10.5 Å². The first-order valence-electron chi connectivity index (χ1n) is 7.37. The standard InChI is InChI=1S/C15H22N2O3S/c1-3-20-15(19)11-8-9(2)21-14(11)17-13(18)10-6-4-5-7-12(10)16/h8,10,12H,3-7,16H2,1-2H3,(H,17,18). The first kappa shape index (κ1) is 16.0. The van der Waals surface area contributed by atoms with Crippen molar-refractivity contribution >= 4 is 28.2 Å². The number of aryl methyl sites for hydroxylation is 1. The molecule has 3 N–H and O–H groups in total. The molecule has 0 bridgehead atoms. The molecule has 2 atom stereocenters. The maximum atomic E-state index is 12.4. The number of nitrogens with one attached hydrogen (secondary N) is 1. The van der Waals surface area contributed by atoms with Crippen LogP contribution < -0.4 is 11.1 Å². The normalized spacial score (nSPS) is 21.9. The van der Waals surface area contributed by atoms with Gasteiger partial charge in [-0.25, -0.2) is 4.79 Å². The smallest absolute Gasteiger partial charge is 0.341 e. The van der Waals surface area contributed by atoms with Crippen LogP contribution in [0.4, 0.5) is 5.00 Å². The third-order valence-corrected chi connectivity index (χ3v) is 4.71. The largest absolute Gasteiger partial charge is 0.462 e. The van der Waals surface area contributed by atoms with Gasteiger partial charge >= 0.3 is 5.97 Å². The van der Waals surface area contributed by atoms with Crippen LogP contribution in [0.5, 0.6) is 0 Å². The van der Waals surface area contributed by atoms with Gasteiger partial charge in [0.05, 0.1) is 18.1 Å². The Morgan fingerprint density at radius 3 is 2.81 bits per heavy atom. The highest BCUT2D eigenvalue weighted by Gasteiger charge is 2.29. The van der Waals surface area contributed by atoms with Crippen LogP contribution in [0.25, 0.3) is 0 Å². The number of esters is 1. The minimum absolute atomic E-state index is 0.0883. The molecule has 1 fully saturated rings. The second-order valence-electron chi connectivity index (χ2n) is 5.36. The predicted octanol–water partition coefficient (Wildman–Crippen LogP) is 2.69. The highest BCUT2D eigenvalue weighted by molar-refractivity contribution is 7.16. The number of hydrogen-bond acceptors (Lipinski definition) is 5. The number of amides is 1. The van der Waals surface area contributed by atoms with Crippen molar-refractivity contribution in [2.75, 3.05) is 11.9 Å². The maximum absolute atomic E-state index is 12.4. The molecule has 1 amide bonds. The molecular formula is C15H22N2O3S. The van der Waals surface area contributed by atoms with E-state index in [1.54, 1.807) is 13.0 Å². The molecule has 0 aliphatic heterocycles. The lowest BCUT2D eigenvalue weighted by atomic mass is 9.84. The van der Waals surface area contributed by atoms with Crippen molar-refractivity contribution in [3.05, 3.63) is 16.5 Å². The summed E-state index contributed by atoms with van der Waals surface area (Å²) in [5, 5.41) is 3.43. The summed E-state index contributed by atoms with van der Waals surface area (Å²) in [6.07, 6.45) is 3.80. The van der Waals surface area contributed by atoms with E-state index in [0.717, 1.165) is 30.6 Å². The zero-order chi connectivity index (χ0) is 15.4. The molecule has 1 heterocycles. The number of rotatable bonds is 4. The number of ether oxygens (including phenoxy) is 1. The highest BCUT2D eigenvalue weighted by atomic mass is 32.1. The Kier molecular flexibility index (Phi) is 5.36. The molecule has 2 rings (SSSR count). The summed E-state index contributed by atoms with van der Waals surface area (Å²) in [6.45, 7) is 3.97. The molecule has 1 aliphatic rings. The van der Waals surface area contributed by atoms with E-state index < -0.39 is 5.97 Å². The summed E-state index contributed by atoms with van der Waals surface area (Å²) in [4.78, 5) is 25.3. The van der Waals surface area contributed by atoms with Crippen LogP contribution in [0.15, 0.2) is 6.07 Å². The van der Waals surface area contributed by atoms with Gasteiger partial charge in [-0.1, -0.05) is 12.8 Å². The number of nitrogens with two attached hydrogens (primary N) is 1. The van der Waals surface area contributed by atoms with E-state index in [9.17, 15) is 9.59 Å². The van der Waals surface area contributed by atoms with Crippen molar-refractivity contribution < 1.29 is 14.3 Å². The quantitative estimate of drug-likeness (QED) is 0.838. The van der Waals surface area contributed by atoms with Gasteiger partial charge in [0.2, 0.25) is 5.91 Å². The molecule has 1 aromatic rings. The van der Waals surface area contributed by atoms with Gasteiger partial charge < -0.3 is 15.8 Å². The van der Waals surface area contributed by atoms with Gasteiger partial charge in [0.15, 0.2) is 0 Å². The molecule has 0 spiro atoms. The van der Waals surface area contributed by atoms with Crippen LogP contribution in [0.3, 0.4) is 0 Å². The molecule has 0 saturated heterocycles. The Morgan fingerprint density at radius 2 is 2.14 bits per heavy atom. The summed E-state index contributed by atoms with van der Waals surface area (Å²) < 4.78 is 5.02. The van der Waals surface area contributed by atoms with Gasteiger partial charge in [-0.15, -0.1) is 11.3 Å². The molecular weight excluding hydrogens is 288 g/mol. The minimum atomic E-state index is -0.398. The van der Waals surface area contributed by atoms with E-state index in [1.165, 1.54) is 11.3 Å². The summed E-state index contributed by atoms with van der Waals surface area (Å²) in [5.74, 6) is -0.657. The maximum Gasteiger partial charge on any atom is 0.341 e. The zero-order valence-electron chi connectivity index (χ0n) is 12.5. The van der Waals surface area contributed by atoms with Crippen LogP contribution in [-0.4, -0.2) is 24.5 Å². The second kappa shape index (κ2) is 7.04. The summed E-state index contributed by atoms with van der Waals surface area (Å²) in [7, 11) is 0. The van der Waals surface area contributed by atoms with Gasteiger partial charge in [-0.05, 0) is 32.8 Å². The predicted molar refractivity (Wildman–Crippen MR) is 83.6 cm³/mol. The van der Waals surface area contributed by atoms with Crippen LogP contribution >= 0.6 is 11.3 Å². The second-order valence-corrected chi connectivity index (χ2v) is 6.62. The Hall–Kier alpha value is -1.40. The first-order chi connectivity index (χ1) is 10.0. The average molecular weight is 310 g/mol. The zero-order valence-corrected chi connectivity index (χ0v) is 13.3. The summed E-state index contributed by atoms with van der Waals surface area (Å²) >= 11 is 1.39. The van der Waals surface area contributed by atoms with E-state index in [1.807, 2.05) is 6.92 Å². The summed E-state index contributed by atoms with van der Waals surface area (Å²) in [5.41, 5.74) is 6.46. The molecule has 1 aromatic heterocycles. The number of carbonyl (C=O) groups excluding carboxylic acids is 2. The van der Waals surface area contributed by atoms with Gasteiger partial charge in [0.1, 0.15) is 5.00 Å². The van der Waals surface area contributed by atoms with Gasteiger partial charge in [0.25, 0.3) is 0 Å². The van der Waals surface area contributed by atoms with Crippen molar-refractivity contribution in [2.45, 2.75) is 45.6 Å². The Labute approximate surface area is 128 Å². The fourth-order valence-corrected chi connectivity index (χ4v) is 3.56. The molecule has 1 aliphatic carbocycles. The lowest BCUT2D eigenvalue weighted by Gasteiger charge is -2.27. The molecule has 6 heteroatoms. The van der Waals surface area contributed by atoms with E-state index >= 15 is 0 Å². The fourth-order valence-electron chi connectivity index (χ4n) is 2.66. The third-order valence-electron chi connectivity index (χ3n) is 3.74. The van der Waals surface area contributed by atoms with Crippen LogP contribution in [-0.2, 0) is 9.53 Å². The van der Waals surface area contributed by atoms with Crippen molar-refractivity contribution in [1.29, 1.82) is 0 Å². The Balaban J connectivity index is 2.11. The van der Waals surface area contributed by atoms with Gasteiger partial charge in [-0.3, -0.25) is 4.79 Å². The number of carbonyl (C=O) groups is 2. The SMILES string of the molecule is CCOC(=O)c1cc(C)sc1NC(=O)C1CCCCC1N. The fraction of sp³-hybridized carbons (Fsp3) is 0.600. The van der Waals surface area contributed by atoms with Crippen molar-refractivity contribution in [3.8, 4) is 0 Å². The first-order valence-corrected chi connectivity index (χ1v) is 8.18. The molecule has 5 nitrogen and oxygen atoms in total. The van der Waals surface area contributed by atoms with Crippen LogP contribution in [0, 0.1) is 12.8 Å². The molecule has 21 heavy (non-hydrogen) atoms. The number of hydrogen-bond donors (Lipinski definition) is 2. The Bertz CT molecular complexity index is 527. The van der Waals surface area contributed by atoms with Crippen molar-refractivity contribution in [3.63, 3.8) is 0 Å². The van der Waals surface area contributed by atoms with E-state index in [0.29, 0.717) is 17.2 Å². The summed E-state index contributed by atoms with van der Waals surface area (Å²) in [6, 6.07) is 1.66. The molecule has 0 radical (unpaired) electrons. The third kappa shape index (κ3) is 3.83. The van der Waals surface area contributed by atoms with Crippen molar-refractivity contribution in [1.82, 2.24) is 0 Å². The van der Waals surface area contributed by atoms with Crippen LogP contribution in [0.2, 0.25) is 0 Å².